The van der Waals surface area contributed by atoms with Gasteiger partial charge in [0, 0.05) is 43.1 Å². The first-order valence-electron chi connectivity index (χ1n) is 11.2. The van der Waals surface area contributed by atoms with Gasteiger partial charge in [0.15, 0.2) is 10.8 Å². The summed E-state index contributed by atoms with van der Waals surface area (Å²) in [6.45, 7) is 1.93. The van der Waals surface area contributed by atoms with Gasteiger partial charge in [-0.15, -0.1) is 12.4 Å². The Morgan fingerprint density at radius 2 is 1.97 bits per heavy atom. The highest BCUT2D eigenvalue weighted by atomic mass is 35.5. The van der Waals surface area contributed by atoms with Crippen molar-refractivity contribution in [2.45, 2.75) is 57.2 Å². The summed E-state index contributed by atoms with van der Waals surface area (Å²) in [4.78, 5) is 16.4. The zero-order chi connectivity index (χ0) is 21.8. The van der Waals surface area contributed by atoms with Crippen LogP contribution in [-0.4, -0.2) is 44.5 Å². The monoisotopic (exact) mass is 479 g/mol. The highest BCUT2D eigenvalue weighted by Gasteiger charge is 2.33. The van der Waals surface area contributed by atoms with E-state index in [2.05, 4.69) is 39.4 Å². The maximum absolute atomic E-state index is 9.59. The number of anilines is 1. The fourth-order valence-electron chi connectivity index (χ4n) is 5.28. The Bertz CT molecular complexity index is 1360. The molecule has 2 aliphatic rings. The van der Waals surface area contributed by atoms with E-state index in [9.17, 15) is 5.26 Å². The molecule has 6 heterocycles. The first kappa shape index (κ1) is 22.1. The molecule has 2 atom stereocenters. The van der Waals surface area contributed by atoms with Gasteiger partial charge in [-0.1, -0.05) is 17.8 Å². The van der Waals surface area contributed by atoms with Gasteiger partial charge in [-0.2, -0.15) is 5.26 Å². The summed E-state index contributed by atoms with van der Waals surface area (Å²) in [7, 11) is 2.19. The van der Waals surface area contributed by atoms with Crippen LogP contribution in [0.1, 0.15) is 43.4 Å². The summed E-state index contributed by atoms with van der Waals surface area (Å²) in [6.07, 6.45) is 12.1. The van der Waals surface area contributed by atoms with Gasteiger partial charge in [0.2, 0.25) is 0 Å². The van der Waals surface area contributed by atoms with Crippen LogP contribution in [0.3, 0.4) is 0 Å². The van der Waals surface area contributed by atoms with Crippen LogP contribution in [0.25, 0.3) is 27.1 Å². The van der Waals surface area contributed by atoms with Crippen molar-refractivity contribution in [1.82, 2.24) is 24.7 Å². The van der Waals surface area contributed by atoms with Crippen LogP contribution >= 0.6 is 23.7 Å². The highest BCUT2D eigenvalue weighted by molar-refractivity contribution is 7.22. The molecule has 170 valence electrons. The van der Waals surface area contributed by atoms with Gasteiger partial charge < -0.3 is 14.6 Å². The number of hydrogen-bond acceptors (Lipinski definition) is 7. The first-order valence-corrected chi connectivity index (χ1v) is 12.0. The van der Waals surface area contributed by atoms with E-state index in [1.807, 2.05) is 36.0 Å². The zero-order valence-electron chi connectivity index (χ0n) is 18.7. The number of nitrogens with zero attached hydrogens (tertiary/aromatic N) is 6. The summed E-state index contributed by atoms with van der Waals surface area (Å²) in [5, 5.41) is 14.4. The van der Waals surface area contributed by atoms with E-state index in [-0.39, 0.29) is 12.4 Å². The Hall–Kier alpha value is -2.73. The lowest BCUT2D eigenvalue weighted by Crippen LogP contribution is -2.54. The molecule has 4 aromatic heterocycles. The largest absolute Gasteiger partial charge is 0.348 e. The lowest BCUT2D eigenvalue weighted by molar-refractivity contribution is 0.219. The van der Waals surface area contributed by atoms with Crippen LogP contribution < -0.4 is 10.2 Å². The lowest BCUT2D eigenvalue weighted by Gasteiger charge is -2.43. The van der Waals surface area contributed by atoms with Crippen molar-refractivity contribution in [1.29, 1.82) is 5.26 Å². The van der Waals surface area contributed by atoms with Gasteiger partial charge in [-0.25, -0.2) is 9.97 Å². The van der Waals surface area contributed by atoms with Crippen LogP contribution in [0.15, 0.2) is 30.7 Å². The minimum atomic E-state index is 0. The minimum Gasteiger partial charge on any atom is -0.348 e. The van der Waals surface area contributed by atoms with E-state index in [1.165, 1.54) is 32.1 Å². The van der Waals surface area contributed by atoms with Gasteiger partial charge >= 0.3 is 0 Å². The molecule has 2 unspecified atom stereocenters. The Morgan fingerprint density at radius 1 is 1.18 bits per heavy atom. The number of rotatable bonds is 3. The molecule has 33 heavy (non-hydrogen) atoms. The molecule has 7 nitrogen and oxygen atoms in total. The minimum absolute atomic E-state index is 0. The van der Waals surface area contributed by atoms with Crippen molar-refractivity contribution in [2.24, 2.45) is 0 Å². The molecular formula is C24H26ClN7S. The highest BCUT2D eigenvalue weighted by Crippen LogP contribution is 2.35. The Kier molecular flexibility index (Phi) is 5.73. The van der Waals surface area contributed by atoms with E-state index < -0.39 is 0 Å². The average Bonchev–Trinajstić information content (AvgIpc) is 3.39. The van der Waals surface area contributed by atoms with Crippen molar-refractivity contribution >= 4 is 44.7 Å². The van der Waals surface area contributed by atoms with Gasteiger partial charge in [-0.3, -0.25) is 4.98 Å². The second-order valence-corrected chi connectivity index (χ2v) is 10.1. The Balaban J connectivity index is 0.00000228. The topological polar surface area (TPSA) is 82.1 Å². The zero-order valence-corrected chi connectivity index (χ0v) is 20.3. The molecule has 0 saturated carbocycles. The second-order valence-electron chi connectivity index (χ2n) is 9.13. The van der Waals surface area contributed by atoms with Gasteiger partial charge in [0.05, 0.1) is 27.8 Å². The van der Waals surface area contributed by atoms with Gasteiger partial charge in [-0.05, 0) is 44.7 Å². The molecule has 1 N–H and O–H groups in total. The number of hydrogen-bond donors (Lipinski definition) is 1. The second kappa shape index (κ2) is 8.56. The predicted octanol–water partition coefficient (Wildman–Crippen LogP) is 4.72. The molecule has 2 fully saturated rings. The van der Waals surface area contributed by atoms with E-state index >= 15 is 0 Å². The molecule has 2 saturated heterocycles. The summed E-state index contributed by atoms with van der Waals surface area (Å²) < 4.78 is 3.03. The third-order valence-electron chi connectivity index (χ3n) is 6.89. The van der Waals surface area contributed by atoms with Crippen LogP contribution in [0, 0.1) is 18.3 Å². The Labute approximate surface area is 202 Å². The molecular weight excluding hydrogens is 454 g/mol. The van der Waals surface area contributed by atoms with Crippen LogP contribution in [0.5, 0.6) is 0 Å². The maximum atomic E-state index is 9.59. The number of nitrogens with one attached hydrogen (secondary N) is 1. The fraction of sp³-hybridized carbons (Fsp3) is 0.417. The number of aromatic nitrogens is 4. The standard InChI is InChI=1S/C24H25N7S.ClH/c1-14-12-31-13-16(6-15(10-25)23(31)27-14)20-9-22-21(11-26-20)29-24(32-22)30(2)19-7-17-4-3-5-18(8-19)28-17;/h6,9,11-13,17-19,28H,3-5,7-8H2,1-2H3;1H. The lowest BCUT2D eigenvalue weighted by atomic mass is 9.83. The van der Waals surface area contributed by atoms with Crippen molar-refractivity contribution < 1.29 is 0 Å². The maximum Gasteiger partial charge on any atom is 0.186 e. The molecule has 2 bridgehead atoms. The summed E-state index contributed by atoms with van der Waals surface area (Å²) in [5.74, 6) is 0. The van der Waals surface area contributed by atoms with Crippen LogP contribution in [0.4, 0.5) is 5.13 Å². The molecule has 6 rings (SSSR count). The number of halogens is 1. The van der Waals surface area contributed by atoms with Gasteiger partial charge in [0.1, 0.15) is 11.6 Å². The predicted molar refractivity (Wildman–Crippen MR) is 134 cm³/mol. The summed E-state index contributed by atoms with van der Waals surface area (Å²) in [6, 6.07) is 8.06. The summed E-state index contributed by atoms with van der Waals surface area (Å²) >= 11 is 1.72. The number of nitriles is 1. The molecule has 2 aliphatic heterocycles. The molecule has 0 aromatic carbocycles. The van der Waals surface area contributed by atoms with Crippen molar-refractivity contribution in [3.05, 3.63) is 42.0 Å². The first-order chi connectivity index (χ1) is 15.6. The SMILES string of the molecule is Cc1cn2cc(-c3cc4sc(N(C)C5CC6CCCC(C5)N6)nc4cn3)cc(C#N)c2n1.Cl. The molecule has 0 radical (unpaired) electrons. The number of thiazole rings is 1. The average molecular weight is 480 g/mol. The van der Waals surface area contributed by atoms with Crippen molar-refractivity contribution in [3.8, 4) is 17.3 Å². The molecule has 0 aliphatic carbocycles. The van der Waals surface area contributed by atoms with Crippen LogP contribution in [0.2, 0.25) is 0 Å². The number of pyridine rings is 2. The number of fused-ring (bicyclic) bond motifs is 4. The molecule has 0 spiro atoms. The molecule has 9 heteroatoms. The third kappa shape index (κ3) is 3.95. The van der Waals surface area contributed by atoms with E-state index in [1.54, 1.807) is 11.3 Å². The molecule has 4 aromatic rings. The third-order valence-corrected chi connectivity index (χ3v) is 8.00. The fourth-order valence-corrected chi connectivity index (χ4v) is 6.29. The Morgan fingerprint density at radius 3 is 2.73 bits per heavy atom. The van der Waals surface area contributed by atoms with E-state index in [4.69, 9.17) is 4.98 Å². The quantitative estimate of drug-likeness (QED) is 0.458. The summed E-state index contributed by atoms with van der Waals surface area (Å²) in [5.41, 5.74) is 4.80. The van der Waals surface area contributed by atoms with E-state index in [0.29, 0.717) is 29.3 Å². The number of aryl methyl sites for hydroxylation is 1. The van der Waals surface area contributed by atoms with Gasteiger partial charge in [0.25, 0.3) is 0 Å². The van der Waals surface area contributed by atoms with Crippen LogP contribution in [-0.2, 0) is 0 Å². The number of piperidine rings is 2. The normalized spacial score (nSPS) is 22.2. The molecule has 0 amide bonds. The van der Waals surface area contributed by atoms with Crippen molar-refractivity contribution in [3.63, 3.8) is 0 Å². The van der Waals surface area contributed by atoms with E-state index in [0.717, 1.165) is 32.3 Å². The van der Waals surface area contributed by atoms with Crippen molar-refractivity contribution in [2.75, 3.05) is 11.9 Å². The smallest absolute Gasteiger partial charge is 0.186 e. The number of imidazole rings is 1.